The minimum absolute atomic E-state index is 0.0618. The van der Waals surface area contributed by atoms with Gasteiger partial charge in [0.05, 0.1) is 11.9 Å². The summed E-state index contributed by atoms with van der Waals surface area (Å²) in [5.41, 5.74) is 1.86. The number of nitrogens with one attached hydrogen (secondary N) is 1. The molecular weight excluding hydrogens is 533 g/mol. The molecule has 0 aliphatic carbocycles. The van der Waals surface area contributed by atoms with Crippen molar-refractivity contribution < 1.29 is 18.0 Å². The Morgan fingerprint density at radius 1 is 0.892 bits per heavy atom. The van der Waals surface area contributed by atoms with E-state index >= 15 is 0 Å². The third-order valence-corrected chi connectivity index (χ3v) is 7.29. The zero-order valence-corrected chi connectivity index (χ0v) is 22.9. The number of anilines is 1. The first kappa shape index (κ1) is 28.5. The van der Waals surface area contributed by atoms with E-state index in [1.54, 1.807) is 43.3 Å². The molecule has 3 aromatic rings. The second-order valence-corrected chi connectivity index (χ2v) is 11.3. The standard InChI is InChI=1S/C27H29Cl2N3O4S/c1-3-30-27(34)25(17-20-8-5-4-6-9-20)31(18-21-10-7-11-23(29)16-21)26(33)19-32(37(2,35)36)24-14-12-22(28)13-15-24/h4-16,25H,3,17-19H2,1-2H3,(H,30,34). The second kappa shape index (κ2) is 12.9. The number of rotatable bonds is 11. The largest absolute Gasteiger partial charge is 0.355 e. The average Bonchev–Trinajstić information content (AvgIpc) is 2.85. The molecule has 3 rings (SSSR count). The van der Waals surface area contributed by atoms with Gasteiger partial charge in [0.1, 0.15) is 12.6 Å². The first-order valence-corrected chi connectivity index (χ1v) is 14.3. The molecule has 0 aliphatic heterocycles. The van der Waals surface area contributed by atoms with Gasteiger partial charge in [-0.05, 0) is 54.4 Å². The molecule has 2 amide bonds. The van der Waals surface area contributed by atoms with E-state index in [0.29, 0.717) is 27.8 Å². The van der Waals surface area contributed by atoms with Crippen LogP contribution in [0, 0.1) is 0 Å². The smallest absolute Gasteiger partial charge is 0.244 e. The van der Waals surface area contributed by atoms with Crippen LogP contribution in [0.4, 0.5) is 5.69 Å². The van der Waals surface area contributed by atoms with E-state index in [1.807, 2.05) is 30.3 Å². The number of hydrogen-bond acceptors (Lipinski definition) is 4. The molecule has 3 aromatic carbocycles. The highest BCUT2D eigenvalue weighted by molar-refractivity contribution is 7.92. The first-order chi connectivity index (χ1) is 17.6. The lowest BCUT2D eigenvalue weighted by atomic mass is 10.0. The lowest BCUT2D eigenvalue weighted by molar-refractivity contribution is -0.140. The molecule has 0 spiro atoms. The summed E-state index contributed by atoms with van der Waals surface area (Å²) in [7, 11) is -3.83. The summed E-state index contributed by atoms with van der Waals surface area (Å²) < 4.78 is 26.4. The Morgan fingerprint density at radius 2 is 1.54 bits per heavy atom. The summed E-state index contributed by atoms with van der Waals surface area (Å²) in [5, 5.41) is 3.74. The van der Waals surface area contributed by atoms with Crippen LogP contribution in [0.25, 0.3) is 0 Å². The normalized spacial score (nSPS) is 12.0. The third kappa shape index (κ3) is 8.21. The van der Waals surface area contributed by atoms with Crippen molar-refractivity contribution in [3.63, 3.8) is 0 Å². The zero-order valence-electron chi connectivity index (χ0n) is 20.6. The summed E-state index contributed by atoms with van der Waals surface area (Å²) in [4.78, 5) is 28.5. The molecule has 1 N–H and O–H groups in total. The number of carbonyl (C=O) groups excluding carboxylic acids is 2. The molecule has 0 saturated heterocycles. The van der Waals surface area contributed by atoms with E-state index in [0.717, 1.165) is 16.1 Å². The number of carbonyl (C=O) groups is 2. The van der Waals surface area contributed by atoms with E-state index in [1.165, 1.54) is 17.0 Å². The van der Waals surface area contributed by atoms with Gasteiger partial charge in [0.15, 0.2) is 0 Å². The highest BCUT2D eigenvalue weighted by Gasteiger charge is 2.32. The Hall–Kier alpha value is -3.07. The van der Waals surface area contributed by atoms with Crippen LogP contribution in [0.5, 0.6) is 0 Å². The Labute approximate surface area is 228 Å². The van der Waals surface area contributed by atoms with E-state index < -0.39 is 28.5 Å². The van der Waals surface area contributed by atoms with Crippen molar-refractivity contribution in [1.82, 2.24) is 10.2 Å². The van der Waals surface area contributed by atoms with Crippen molar-refractivity contribution >= 4 is 50.7 Å². The molecular formula is C27H29Cl2N3O4S. The summed E-state index contributed by atoms with van der Waals surface area (Å²) in [6.07, 6.45) is 1.28. The maximum absolute atomic E-state index is 13.9. The van der Waals surface area contributed by atoms with Gasteiger partial charge in [0.25, 0.3) is 0 Å². The monoisotopic (exact) mass is 561 g/mol. The maximum atomic E-state index is 13.9. The van der Waals surface area contributed by atoms with Gasteiger partial charge in [0.2, 0.25) is 21.8 Å². The second-order valence-electron chi connectivity index (χ2n) is 8.50. The third-order valence-electron chi connectivity index (χ3n) is 5.66. The Morgan fingerprint density at radius 3 is 2.14 bits per heavy atom. The zero-order chi connectivity index (χ0) is 27.0. The van der Waals surface area contributed by atoms with Crippen LogP contribution >= 0.6 is 23.2 Å². The molecule has 37 heavy (non-hydrogen) atoms. The van der Waals surface area contributed by atoms with Crippen LogP contribution in [-0.2, 0) is 32.6 Å². The summed E-state index contributed by atoms with van der Waals surface area (Å²) in [6.45, 7) is 1.74. The van der Waals surface area contributed by atoms with Gasteiger partial charge in [-0.2, -0.15) is 0 Å². The van der Waals surface area contributed by atoms with Crippen LogP contribution in [0.2, 0.25) is 10.0 Å². The molecule has 0 radical (unpaired) electrons. The topological polar surface area (TPSA) is 86.8 Å². The summed E-state index contributed by atoms with van der Waals surface area (Å²) in [6, 6.07) is 21.6. The molecule has 1 atom stereocenters. The minimum atomic E-state index is -3.83. The number of amides is 2. The molecule has 0 aliphatic rings. The number of hydrogen-bond donors (Lipinski definition) is 1. The van der Waals surface area contributed by atoms with Gasteiger partial charge in [0, 0.05) is 29.6 Å². The van der Waals surface area contributed by atoms with Crippen LogP contribution in [0.1, 0.15) is 18.1 Å². The van der Waals surface area contributed by atoms with Crippen molar-refractivity contribution in [3.05, 3.63) is 100 Å². The Balaban J connectivity index is 2.03. The molecule has 0 heterocycles. The van der Waals surface area contributed by atoms with Gasteiger partial charge < -0.3 is 10.2 Å². The highest BCUT2D eigenvalue weighted by Crippen LogP contribution is 2.22. The van der Waals surface area contributed by atoms with Gasteiger partial charge in [-0.15, -0.1) is 0 Å². The fraction of sp³-hybridized carbons (Fsp3) is 0.259. The van der Waals surface area contributed by atoms with Crippen LogP contribution in [-0.4, -0.2) is 50.5 Å². The number of sulfonamides is 1. The van der Waals surface area contributed by atoms with E-state index in [-0.39, 0.29) is 18.9 Å². The SMILES string of the molecule is CCNC(=O)C(Cc1ccccc1)N(Cc1cccc(Cl)c1)C(=O)CN(c1ccc(Cl)cc1)S(C)(=O)=O. The molecule has 1 unspecified atom stereocenters. The number of halogens is 2. The predicted octanol–water partition coefficient (Wildman–Crippen LogP) is 4.54. The van der Waals surface area contributed by atoms with Gasteiger partial charge in [-0.25, -0.2) is 8.42 Å². The minimum Gasteiger partial charge on any atom is -0.355 e. The van der Waals surface area contributed by atoms with E-state index in [2.05, 4.69) is 5.32 Å². The van der Waals surface area contributed by atoms with E-state index in [4.69, 9.17) is 23.2 Å². The molecule has 10 heteroatoms. The van der Waals surface area contributed by atoms with Gasteiger partial charge in [-0.1, -0.05) is 65.7 Å². The van der Waals surface area contributed by atoms with Gasteiger partial charge >= 0.3 is 0 Å². The van der Waals surface area contributed by atoms with Crippen molar-refractivity contribution in [2.24, 2.45) is 0 Å². The molecule has 0 bridgehead atoms. The lowest BCUT2D eigenvalue weighted by Crippen LogP contribution is -2.53. The van der Waals surface area contributed by atoms with Crippen LogP contribution < -0.4 is 9.62 Å². The van der Waals surface area contributed by atoms with Crippen molar-refractivity contribution in [3.8, 4) is 0 Å². The van der Waals surface area contributed by atoms with Crippen LogP contribution in [0.15, 0.2) is 78.9 Å². The predicted molar refractivity (Wildman–Crippen MR) is 148 cm³/mol. The average molecular weight is 563 g/mol. The van der Waals surface area contributed by atoms with Crippen molar-refractivity contribution in [2.75, 3.05) is 23.7 Å². The van der Waals surface area contributed by atoms with E-state index in [9.17, 15) is 18.0 Å². The molecule has 7 nitrogen and oxygen atoms in total. The summed E-state index contributed by atoms with van der Waals surface area (Å²) >= 11 is 12.2. The fourth-order valence-corrected chi connectivity index (χ4v) is 5.09. The molecule has 0 aromatic heterocycles. The quantitative estimate of drug-likeness (QED) is 0.372. The van der Waals surface area contributed by atoms with Crippen molar-refractivity contribution in [2.45, 2.75) is 25.9 Å². The van der Waals surface area contributed by atoms with Crippen molar-refractivity contribution in [1.29, 1.82) is 0 Å². The number of likely N-dealkylation sites (N-methyl/N-ethyl adjacent to an activating group) is 1. The molecule has 196 valence electrons. The Bertz CT molecular complexity index is 1320. The fourth-order valence-electron chi connectivity index (χ4n) is 3.90. The molecule has 0 fully saturated rings. The number of nitrogens with zero attached hydrogens (tertiary/aromatic N) is 2. The maximum Gasteiger partial charge on any atom is 0.244 e. The molecule has 0 saturated carbocycles. The summed E-state index contributed by atoms with van der Waals surface area (Å²) in [5.74, 6) is -0.869. The lowest BCUT2D eigenvalue weighted by Gasteiger charge is -2.33. The first-order valence-electron chi connectivity index (χ1n) is 11.7. The van der Waals surface area contributed by atoms with Crippen LogP contribution in [0.3, 0.4) is 0 Å². The number of benzene rings is 3. The highest BCUT2D eigenvalue weighted by atomic mass is 35.5. The Kier molecular flexibility index (Phi) is 9.97. The van der Waals surface area contributed by atoms with Gasteiger partial charge in [-0.3, -0.25) is 13.9 Å².